The molecule has 31 heavy (non-hydrogen) atoms. The number of sulfonamides is 1. The lowest BCUT2D eigenvalue weighted by molar-refractivity contribution is 0.102. The van der Waals surface area contributed by atoms with Crippen molar-refractivity contribution in [3.05, 3.63) is 72.3 Å². The Morgan fingerprint density at radius 2 is 1.65 bits per heavy atom. The summed E-state index contributed by atoms with van der Waals surface area (Å²) in [7, 11) is -2.59. The molecule has 0 atom stereocenters. The molecule has 0 aliphatic heterocycles. The molecule has 3 N–H and O–H groups in total. The Bertz CT molecular complexity index is 1190. The van der Waals surface area contributed by atoms with Crippen molar-refractivity contribution in [1.29, 1.82) is 0 Å². The molecule has 0 saturated heterocycles. The van der Waals surface area contributed by atoms with Gasteiger partial charge < -0.3 is 19.9 Å². The second kappa shape index (κ2) is 9.40. The molecule has 162 valence electrons. The van der Waals surface area contributed by atoms with Crippen molar-refractivity contribution in [3.63, 3.8) is 0 Å². The molecule has 0 fully saturated rings. The summed E-state index contributed by atoms with van der Waals surface area (Å²) in [6.07, 6.45) is 0. The lowest BCUT2D eigenvalue weighted by Gasteiger charge is -2.14. The number of hydrogen-bond donors (Lipinski definition) is 3. The van der Waals surface area contributed by atoms with Crippen LogP contribution in [0.15, 0.2) is 71.6 Å². The number of methoxy groups -OCH3 is 1. The van der Waals surface area contributed by atoms with Crippen LogP contribution in [0.3, 0.4) is 0 Å². The molecule has 1 amide bonds. The van der Waals surface area contributed by atoms with Gasteiger partial charge in [0, 0.05) is 0 Å². The molecule has 0 saturated carbocycles. The fourth-order valence-electron chi connectivity index (χ4n) is 2.84. The highest BCUT2D eigenvalue weighted by atomic mass is 32.2. The molecule has 0 aliphatic rings. The second-order valence-electron chi connectivity index (χ2n) is 6.37. The van der Waals surface area contributed by atoms with Gasteiger partial charge >= 0.3 is 0 Å². The summed E-state index contributed by atoms with van der Waals surface area (Å²) in [5.41, 5.74) is 0.456. The number of nitrogens with one attached hydrogen (secondary N) is 2. The van der Waals surface area contributed by atoms with Gasteiger partial charge in [-0.15, -0.1) is 0 Å². The number of aromatic hydroxyl groups is 1. The number of carbonyl (C=O) groups is 1. The summed E-state index contributed by atoms with van der Waals surface area (Å²) in [6, 6.07) is 16.8. The van der Waals surface area contributed by atoms with Crippen molar-refractivity contribution in [1.82, 2.24) is 0 Å². The highest BCUT2D eigenvalue weighted by Gasteiger charge is 2.20. The molecule has 9 heteroatoms. The van der Waals surface area contributed by atoms with E-state index in [0.29, 0.717) is 18.1 Å². The summed E-state index contributed by atoms with van der Waals surface area (Å²) in [4.78, 5) is 12.6. The number of hydrogen-bond acceptors (Lipinski definition) is 6. The number of carbonyl (C=O) groups excluding carboxylic acids is 1. The van der Waals surface area contributed by atoms with Gasteiger partial charge in [0.15, 0.2) is 0 Å². The highest BCUT2D eigenvalue weighted by molar-refractivity contribution is 7.92. The molecule has 8 nitrogen and oxygen atoms in total. The molecule has 3 aromatic rings. The van der Waals surface area contributed by atoms with E-state index in [1.165, 1.54) is 25.3 Å². The maximum Gasteiger partial charge on any atom is 0.262 e. The van der Waals surface area contributed by atoms with Crippen molar-refractivity contribution in [2.75, 3.05) is 23.8 Å². The van der Waals surface area contributed by atoms with Crippen LogP contribution in [-0.4, -0.2) is 33.1 Å². The molecule has 0 spiro atoms. The molecule has 0 bridgehead atoms. The number of anilines is 2. The topological polar surface area (TPSA) is 114 Å². The number of ether oxygens (including phenoxy) is 2. The maximum atomic E-state index is 12.8. The van der Waals surface area contributed by atoms with Gasteiger partial charge in [0.2, 0.25) is 0 Å². The van der Waals surface area contributed by atoms with E-state index in [1.807, 2.05) is 0 Å². The van der Waals surface area contributed by atoms with Crippen LogP contribution in [0.4, 0.5) is 11.4 Å². The quantitative estimate of drug-likeness (QED) is 0.457. The molecular formula is C22H22N2O6S. The molecule has 0 radical (unpaired) electrons. The third kappa shape index (κ3) is 5.07. The van der Waals surface area contributed by atoms with Crippen LogP contribution >= 0.6 is 0 Å². The van der Waals surface area contributed by atoms with E-state index < -0.39 is 15.9 Å². The summed E-state index contributed by atoms with van der Waals surface area (Å²) in [5, 5.41) is 12.7. The lowest BCUT2D eigenvalue weighted by Crippen LogP contribution is -2.16. The van der Waals surface area contributed by atoms with Crippen LogP contribution in [0.1, 0.15) is 17.3 Å². The fourth-order valence-corrected chi connectivity index (χ4v) is 3.94. The van der Waals surface area contributed by atoms with E-state index in [1.54, 1.807) is 55.5 Å². The minimum Gasteiger partial charge on any atom is -0.506 e. The van der Waals surface area contributed by atoms with Gasteiger partial charge in [-0.2, -0.15) is 0 Å². The standard InChI is InChI=1S/C22H22N2O6S/c1-3-30-20-10-6-4-8-16(20)22(26)23-18-14-15(12-13-19(18)25)31(27,28)24-17-9-5-7-11-21(17)29-2/h4-14,24-25H,3H2,1-2H3,(H,23,26). The summed E-state index contributed by atoms with van der Waals surface area (Å²) in [6.45, 7) is 2.17. The zero-order valence-electron chi connectivity index (χ0n) is 17.0. The van der Waals surface area contributed by atoms with E-state index in [0.717, 1.165) is 0 Å². The van der Waals surface area contributed by atoms with Crippen LogP contribution in [0.5, 0.6) is 17.2 Å². The minimum atomic E-state index is -4.02. The van der Waals surface area contributed by atoms with Crippen LogP contribution in [0.25, 0.3) is 0 Å². The molecular weight excluding hydrogens is 420 g/mol. The molecule has 3 aromatic carbocycles. The van der Waals surface area contributed by atoms with Crippen LogP contribution < -0.4 is 19.5 Å². The Hall–Kier alpha value is -3.72. The van der Waals surface area contributed by atoms with Gasteiger partial charge in [-0.05, 0) is 49.4 Å². The average Bonchev–Trinajstić information content (AvgIpc) is 2.76. The van der Waals surface area contributed by atoms with Crippen molar-refractivity contribution in [2.45, 2.75) is 11.8 Å². The van der Waals surface area contributed by atoms with Crippen LogP contribution in [-0.2, 0) is 10.0 Å². The van der Waals surface area contributed by atoms with Crippen LogP contribution in [0.2, 0.25) is 0 Å². The summed E-state index contributed by atoms with van der Waals surface area (Å²) in [5.74, 6) is -0.0976. The highest BCUT2D eigenvalue weighted by Crippen LogP contribution is 2.31. The van der Waals surface area contributed by atoms with Gasteiger partial charge in [0.25, 0.3) is 15.9 Å². The first-order valence-electron chi connectivity index (χ1n) is 9.37. The van der Waals surface area contributed by atoms with Crippen molar-refractivity contribution < 1.29 is 27.8 Å². The van der Waals surface area contributed by atoms with Crippen molar-refractivity contribution in [3.8, 4) is 17.2 Å². The van der Waals surface area contributed by atoms with E-state index in [9.17, 15) is 18.3 Å². The number of para-hydroxylation sites is 3. The van der Waals surface area contributed by atoms with E-state index in [-0.39, 0.29) is 27.6 Å². The number of phenols is 1. The molecule has 0 aliphatic carbocycles. The Morgan fingerprint density at radius 1 is 0.968 bits per heavy atom. The van der Waals surface area contributed by atoms with Gasteiger partial charge in [-0.3, -0.25) is 9.52 Å². The van der Waals surface area contributed by atoms with Gasteiger partial charge in [0.05, 0.1) is 35.6 Å². The minimum absolute atomic E-state index is 0.0563. The monoisotopic (exact) mass is 442 g/mol. The smallest absolute Gasteiger partial charge is 0.262 e. The van der Waals surface area contributed by atoms with Gasteiger partial charge in [-0.1, -0.05) is 24.3 Å². The van der Waals surface area contributed by atoms with E-state index >= 15 is 0 Å². The predicted octanol–water partition coefficient (Wildman–Crippen LogP) is 3.85. The van der Waals surface area contributed by atoms with E-state index in [4.69, 9.17) is 9.47 Å². The molecule has 0 heterocycles. The number of benzene rings is 3. The molecule has 0 unspecified atom stereocenters. The lowest BCUT2D eigenvalue weighted by atomic mass is 10.2. The van der Waals surface area contributed by atoms with E-state index in [2.05, 4.69) is 10.0 Å². The number of rotatable bonds is 8. The Labute approximate surface area is 180 Å². The number of phenolic OH excluding ortho intramolecular Hbond substituents is 1. The van der Waals surface area contributed by atoms with Crippen LogP contribution in [0, 0.1) is 0 Å². The Balaban J connectivity index is 1.89. The fraction of sp³-hybridized carbons (Fsp3) is 0.136. The predicted molar refractivity (Wildman–Crippen MR) is 117 cm³/mol. The number of amides is 1. The third-order valence-electron chi connectivity index (χ3n) is 4.31. The average molecular weight is 442 g/mol. The Kier molecular flexibility index (Phi) is 6.66. The second-order valence-corrected chi connectivity index (χ2v) is 8.05. The molecule has 0 aromatic heterocycles. The molecule has 3 rings (SSSR count). The zero-order chi connectivity index (χ0) is 22.4. The SMILES string of the molecule is CCOc1ccccc1C(=O)Nc1cc(S(=O)(=O)Nc2ccccc2OC)ccc1O. The summed E-state index contributed by atoms with van der Waals surface area (Å²) < 4.78 is 38.8. The normalized spacial score (nSPS) is 10.9. The first-order chi connectivity index (χ1) is 14.9. The van der Waals surface area contributed by atoms with Gasteiger partial charge in [-0.25, -0.2) is 8.42 Å². The first kappa shape index (κ1) is 22.0. The Morgan fingerprint density at radius 3 is 2.35 bits per heavy atom. The van der Waals surface area contributed by atoms with Crippen molar-refractivity contribution >= 4 is 27.3 Å². The summed E-state index contributed by atoms with van der Waals surface area (Å²) >= 11 is 0. The maximum absolute atomic E-state index is 12.8. The van der Waals surface area contributed by atoms with Gasteiger partial charge in [0.1, 0.15) is 17.2 Å². The zero-order valence-corrected chi connectivity index (χ0v) is 17.8. The third-order valence-corrected chi connectivity index (χ3v) is 5.67. The largest absolute Gasteiger partial charge is 0.506 e. The van der Waals surface area contributed by atoms with Crippen molar-refractivity contribution in [2.24, 2.45) is 0 Å². The first-order valence-corrected chi connectivity index (χ1v) is 10.9.